The molecule has 1 aromatic rings. The Hall–Kier alpha value is -0.830. The molecule has 0 radical (unpaired) electrons. The average Bonchev–Trinajstić information content (AvgIpc) is 2.83. The predicted molar refractivity (Wildman–Crippen MR) is 70.7 cm³/mol. The Morgan fingerprint density at radius 2 is 2.29 bits per heavy atom. The van der Waals surface area contributed by atoms with Gasteiger partial charge in [0.1, 0.15) is 5.82 Å². The molecule has 3 unspecified atom stereocenters. The molecule has 1 fully saturated rings. The van der Waals surface area contributed by atoms with Crippen molar-refractivity contribution in [2.24, 2.45) is 11.3 Å². The Labute approximate surface area is 104 Å². The highest BCUT2D eigenvalue weighted by molar-refractivity contribution is 4.99. The third kappa shape index (κ3) is 2.89. The molecule has 0 aliphatic heterocycles. The van der Waals surface area contributed by atoms with Crippen LogP contribution in [0, 0.1) is 11.3 Å². The zero-order valence-electron chi connectivity index (χ0n) is 11.5. The maximum absolute atomic E-state index is 4.37. The molecule has 1 heterocycles. The molecule has 0 saturated heterocycles. The quantitative estimate of drug-likeness (QED) is 0.841. The van der Waals surface area contributed by atoms with Crippen molar-refractivity contribution < 1.29 is 0 Å². The highest BCUT2D eigenvalue weighted by atomic mass is 15.0. The Balaban J connectivity index is 2.00. The van der Waals surface area contributed by atoms with E-state index >= 15 is 0 Å². The minimum absolute atomic E-state index is 0.367. The fraction of sp³-hybridized carbons (Fsp3) is 0.786. The summed E-state index contributed by atoms with van der Waals surface area (Å²) in [6, 6.07) is 0.992. The van der Waals surface area contributed by atoms with Crippen LogP contribution in [0.15, 0.2) is 12.4 Å². The van der Waals surface area contributed by atoms with Crippen molar-refractivity contribution in [3.8, 4) is 0 Å². The third-order valence-electron chi connectivity index (χ3n) is 4.01. The number of hydrogen-bond donors (Lipinski definition) is 2. The van der Waals surface area contributed by atoms with Crippen molar-refractivity contribution in [2.45, 2.75) is 59.0 Å². The standard InChI is InChI=1S/C14H25N3/c1-5-11(13-15-6-7-16-13)17-12-9-14(3,4)8-10(12)2/h6-7,10-12,17H,5,8-9H2,1-4H3,(H,15,16). The summed E-state index contributed by atoms with van der Waals surface area (Å²) in [5.41, 5.74) is 0.485. The minimum Gasteiger partial charge on any atom is -0.347 e. The summed E-state index contributed by atoms with van der Waals surface area (Å²) < 4.78 is 0. The van der Waals surface area contributed by atoms with E-state index in [2.05, 4.69) is 43.0 Å². The van der Waals surface area contributed by atoms with E-state index in [1.54, 1.807) is 0 Å². The van der Waals surface area contributed by atoms with Gasteiger partial charge in [-0.3, -0.25) is 0 Å². The topological polar surface area (TPSA) is 40.7 Å². The number of rotatable bonds is 4. The van der Waals surface area contributed by atoms with Crippen molar-refractivity contribution in [1.29, 1.82) is 0 Å². The van der Waals surface area contributed by atoms with Gasteiger partial charge in [0.15, 0.2) is 0 Å². The molecular formula is C14H25N3. The van der Waals surface area contributed by atoms with Crippen LogP contribution in [-0.4, -0.2) is 16.0 Å². The van der Waals surface area contributed by atoms with Crippen LogP contribution in [0.1, 0.15) is 58.8 Å². The summed E-state index contributed by atoms with van der Waals surface area (Å²) in [6.45, 7) is 9.32. The first-order valence-corrected chi connectivity index (χ1v) is 6.77. The molecule has 96 valence electrons. The number of imidazole rings is 1. The van der Waals surface area contributed by atoms with Crippen molar-refractivity contribution in [3.05, 3.63) is 18.2 Å². The number of H-pyrrole nitrogens is 1. The second kappa shape index (κ2) is 4.81. The number of aromatic amines is 1. The zero-order chi connectivity index (χ0) is 12.5. The molecule has 3 atom stereocenters. The molecule has 1 aliphatic carbocycles. The molecule has 1 aromatic heterocycles. The fourth-order valence-corrected chi connectivity index (χ4v) is 3.23. The molecule has 3 heteroatoms. The van der Waals surface area contributed by atoms with Crippen LogP contribution in [-0.2, 0) is 0 Å². The lowest BCUT2D eigenvalue weighted by Crippen LogP contribution is -2.35. The second-order valence-corrected chi connectivity index (χ2v) is 6.26. The Morgan fingerprint density at radius 1 is 1.53 bits per heavy atom. The Morgan fingerprint density at radius 3 is 2.76 bits per heavy atom. The lowest BCUT2D eigenvalue weighted by molar-refractivity contribution is 0.345. The van der Waals surface area contributed by atoms with E-state index in [1.807, 2.05) is 12.4 Å². The van der Waals surface area contributed by atoms with Gasteiger partial charge in [0, 0.05) is 18.4 Å². The van der Waals surface area contributed by atoms with Gasteiger partial charge in [-0.05, 0) is 30.6 Å². The Bertz CT molecular complexity index is 342. The van der Waals surface area contributed by atoms with E-state index in [4.69, 9.17) is 0 Å². The van der Waals surface area contributed by atoms with Crippen LogP contribution in [0.2, 0.25) is 0 Å². The highest BCUT2D eigenvalue weighted by Gasteiger charge is 2.37. The van der Waals surface area contributed by atoms with Gasteiger partial charge < -0.3 is 10.3 Å². The van der Waals surface area contributed by atoms with E-state index in [0.717, 1.165) is 18.2 Å². The van der Waals surface area contributed by atoms with Gasteiger partial charge >= 0.3 is 0 Å². The van der Waals surface area contributed by atoms with Gasteiger partial charge in [0.25, 0.3) is 0 Å². The van der Waals surface area contributed by atoms with Gasteiger partial charge in [0.2, 0.25) is 0 Å². The third-order valence-corrected chi connectivity index (χ3v) is 4.01. The lowest BCUT2D eigenvalue weighted by Gasteiger charge is -2.24. The van der Waals surface area contributed by atoms with E-state index in [1.165, 1.54) is 12.8 Å². The smallest absolute Gasteiger partial charge is 0.123 e. The first-order valence-electron chi connectivity index (χ1n) is 6.77. The van der Waals surface area contributed by atoms with Crippen LogP contribution < -0.4 is 5.32 Å². The predicted octanol–water partition coefficient (Wildman–Crippen LogP) is 3.28. The van der Waals surface area contributed by atoms with Crippen LogP contribution >= 0.6 is 0 Å². The molecule has 0 aromatic carbocycles. The molecule has 3 nitrogen and oxygen atoms in total. The van der Waals surface area contributed by atoms with Gasteiger partial charge in [-0.1, -0.05) is 27.7 Å². The van der Waals surface area contributed by atoms with E-state index in [-0.39, 0.29) is 0 Å². The number of nitrogens with one attached hydrogen (secondary N) is 2. The molecule has 0 bridgehead atoms. The first kappa shape index (κ1) is 12.6. The SMILES string of the molecule is CCC(NC1CC(C)(C)CC1C)c1ncc[nH]1. The highest BCUT2D eigenvalue weighted by Crippen LogP contribution is 2.41. The number of hydrogen-bond acceptors (Lipinski definition) is 2. The molecular weight excluding hydrogens is 210 g/mol. The normalized spacial score (nSPS) is 29.4. The first-order chi connectivity index (χ1) is 8.02. The Kier molecular flexibility index (Phi) is 3.57. The van der Waals surface area contributed by atoms with Gasteiger partial charge in [-0.25, -0.2) is 4.98 Å². The minimum atomic E-state index is 0.367. The number of aromatic nitrogens is 2. The lowest BCUT2D eigenvalue weighted by atomic mass is 9.91. The number of nitrogens with zero attached hydrogens (tertiary/aromatic N) is 1. The fourth-order valence-electron chi connectivity index (χ4n) is 3.23. The van der Waals surface area contributed by atoms with E-state index < -0.39 is 0 Å². The van der Waals surface area contributed by atoms with Gasteiger partial charge in [-0.2, -0.15) is 0 Å². The molecule has 2 N–H and O–H groups in total. The van der Waals surface area contributed by atoms with Gasteiger partial charge in [0.05, 0.1) is 6.04 Å². The molecule has 0 spiro atoms. The summed E-state index contributed by atoms with van der Waals surface area (Å²) in [6.07, 6.45) is 7.41. The summed E-state index contributed by atoms with van der Waals surface area (Å²) in [4.78, 5) is 7.60. The molecule has 0 amide bonds. The van der Waals surface area contributed by atoms with Crippen LogP contribution in [0.4, 0.5) is 0 Å². The van der Waals surface area contributed by atoms with Crippen LogP contribution in [0.25, 0.3) is 0 Å². The van der Waals surface area contributed by atoms with E-state index in [0.29, 0.717) is 17.5 Å². The van der Waals surface area contributed by atoms with Crippen molar-refractivity contribution in [3.63, 3.8) is 0 Å². The maximum atomic E-state index is 4.37. The van der Waals surface area contributed by atoms with Crippen LogP contribution in [0.3, 0.4) is 0 Å². The largest absolute Gasteiger partial charge is 0.347 e. The summed E-state index contributed by atoms with van der Waals surface area (Å²) in [5.74, 6) is 1.83. The summed E-state index contributed by atoms with van der Waals surface area (Å²) in [5, 5.41) is 3.78. The van der Waals surface area contributed by atoms with Crippen LogP contribution in [0.5, 0.6) is 0 Å². The monoisotopic (exact) mass is 235 g/mol. The summed E-state index contributed by atoms with van der Waals surface area (Å²) >= 11 is 0. The maximum Gasteiger partial charge on any atom is 0.123 e. The van der Waals surface area contributed by atoms with Crippen molar-refractivity contribution >= 4 is 0 Å². The van der Waals surface area contributed by atoms with Crippen molar-refractivity contribution in [2.75, 3.05) is 0 Å². The molecule has 2 rings (SSSR count). The zero-order valence-corrected chi connectivity index (χ0v) is 11.5. The average molecular weight is 235 g/mol. The molecule has 1 saturated carbocycles. The van der Waals surface area contributed by atoms with E-state index in [9.17, 15) is 0 Å². The molecule has 1 aliphatic rings. The second-order valence-electron chi connectivity index (χ2n) is 6.26. The van der Waals surface area contributed by atoms with Gasteiger partial charge in [-0.15, -0.1) is 0 Å². The summed E-state index contributed by atoms with van der Waals surface area (Å²) in [7, 11) is 0. The molecule has 17 heavy (non-hydrogen) atoms. The van der Waals surface area contributed by atoms with Crippen molar-refractivity contribution in [1.82, 2.24) is 15.3 Å².